The Morgan fingerprint density at radius 3 is 2.81 bits per heavy atom. The molecule has 16 heavy (non-hydrogen) atoms. The molecule has 0 bridgehead atoms. The van der Waals surface area contributed by atoms with Crippen LogP contribution in [0.1, 0.15) is 24.6 Å². The van der Waals surface area contributed by atoms with Gasteiger partial charge in [-0.25, -0.2) is 14.6 Å². The van der Waals surface area contributed by atoms with E-state index in [1.54, 1.807) is 16.9 Å². The van der Waals surface area contributed by atoms with Crippen molar-refractivity contribution < 1.29 is 0 Å². The molecule has 2 heterocycles. The van der Waals surface area contributed by atoms with Crippen molar-refractivity contribution in [1.29, 1.82) is 0 Å². The van der Waals surface area contributed by atoms with E-state index in [1.807, 2.05) is 6.20 Å². The molecular formula is C10H10IN5. The molecule has 6 heteroatoms. The molecule has 1 aliphatic carbocycles. The molecule has 2 aromatic heterocycles. The third-order valence-corrected chi connectivity index (χ3v) is 3.04. The van der Waals surface area contributed by atoms with Gasteiger partial charge >= 0.3 is 0 Å². The highest BCUT2D eigenvalue weighted by Gasteiger charge is 2.27. The Morgan fingerprint density at radius 1 is 1.38 bits per heavy atom. The summed E-state index contributed by atoms with van der Waals surface area (Å²) in [6.45, 7) is 0. The van der Waals surface area contributed by atoms with Crippen LogP contribution in [0, 0.1) is 3.57 Å². The first kappa shape index (κ1) is 10.0. The minimum atomic E-state index is 0.497. The third kappa shape index (κ3) is 1.89. The molecule has 1 saturated carbocycles. The second-order valence-electron chi connectivity index (χ2n) is 3.89. The number of hydrogen-bond donors (Lipinski definition) is 1. The average molecular weight is 327 g/mol. The van der Waals surface area contributed by atoms with Crippen LogP contribution in [-0.4, -0.2) is 19.7 Å². The lowest BCUT2D eigenvalue weighted by Crippen LogP contribution is -2.05. The van der Waals surface area contributed by atoms with Crippen LogP contribution in [0.25, 0.3) is 5.82 Å². The summed E-state index contributed by atoms with van der Waals surface area (Å²) in [7, 11) is 0. The summed E-state index contributed by atoms with van der Waals surface area (Å²) >= 11 is 2.21. The van der Waals surface area contributed by atoms with Crippen molar-refractivity contribution >= 4 is 28.4 Å². The van der Waals surface area contributed by atoms with Gasteiger partial charge in [-0.3, -0.25) is 0 Å². The second kappa shape index (κ2) is 3.69. The molecule has 2 N–H and O–H groups in total. The van der Waals surface area contributed by atoms with E-state index in [1.165, 1.54) is 12.8 Å². The zero-order valence-corrected chi connectivity index (χ0v) is 10.6. The minimum Gasteiger partial charge on any atom is -0.384 e. The van der Waals surface area contributed by atoms with E-state index in [-0.39, 0.29) is 0 Å². The average Bonchev–Trinajstić information content (AvgIpc) is 3.01. The molecule has 2 aromatic rings. The molecule has 0 spiro atoms. The van der Waals surface area contributed by atoms with Crippen molar-refractivity contribution in [2.24, 2.45) is 0 Å². The van der Waals surface area contributed by atoms with Crippen LogP contribution < -0.4 is 5.73 Å². The quantitative estimate of drug-likeness (QED) is 0.853. The van der Waals surface area contributed by atoms with Gasteiger partial charge in [-0.2, -0.15) is 5.10 Å². The van der Waals surface area contributed by atoms with Gasteiger partial charge in [0.05, 0.1) is 9.77 Å². The summed E-state index contributed by atoms with van der Waals surface area (Å²) < 4.78 is 2.80. The number of rotatable bonds is 2. The van der Waals surface area contributed by atoms with Gasteiger partial charge in [0.1, 0.15) is 11.6 Å². The van der Waals surface area contributed by atoms with E-state index in [0.717, 1.165) is 15.2 Å². The van der Waals surface area contributed by atoms with Crippen molar-refractivity contribution in [3.63, 3.8) is 0 Å². The Hall–Kier alpha value is -1.18. The van der Waals surface area contributed by atoms with Crippen LogP contribution in [0.2, 0.25) is 0 Å². The van der Waals surface area contributed by atoms with Gasteiger partial charge in [-0.05, 0) is 35.4 Å². The predicted octanol–water partition coefficient (Wildman–Crippen LogP) is 1.73. The van der Waals surface area contributed by atoms with Crippen LogP contribution in [0.5, 0.6) is 0 Å². The van der Waals surface area contributed by atoms with E-state index in [4.69, 9.17) is 5.73 Å². The number of halogens is 1. The lowest BCUT2D eigenvalue weighted by Gasteiger charge is -2.04. The standard InChI is InChI=1S/C10H10IN5/c11-7-4-13-16(5-7)9-3-8(12)14-10(15-9)6-1-2-6/h3-6H,1-2H2,(H2,12,14,15). The van der Waals surface area contributed by atoms with Crippen molar-refractivity contribution in [2.45, 2.75) is 18.8 Å². The van der Waals surface area contributed by atoms with Gasteiger partial charge in [-0.15, -0.1) is 0 Å². The maximum Gasteiger partial charge on any atom is 0.159 e. The summed E-state index contributed by atoms with van der Waals surface area (Å²) in [5.41, 5.74) is 5.78. The van der Waals surface area contributed by atoms with Crippen LogP contribution >= 0.6 is 22.6 Å². The van der Waals surface area contributed by atoms with E-state index < -0.39 is 0 Å². The first-order valence-electron chi connectivity index (χ1n) is 5.07. The van der Waals surface area contributed by atoms with E-state index in [2.05, 4.69) is 37.7 Å². The van der Waals surface area contributed by atoms with E-state index in [9.17, 15) is 0 Å². The normalized spacial score (nSPS) is 15.3. The molecule has 0 radical (unpaired) electrons. The Kier molecular flexibility index (Phi) is 2.31. The maximum atomic E-state index is 5.78. The van der Waals surface area contributed by atoms with Crippen molar-refractivity contribution in [3.8, 4) is 5.82 Å². The first-order chi connectivity index (χ1) is 7.72. The van der Waals surface area contributed by atoms with Gasteiger partial charge in [0.2, 0.25) is 0 Å². The lowest BCUT2D eigenvalue weighted by atomic mass is 10.4. The predicted molar refractivity (Wildman–Crippen MR) is 68.3 cm³/mol. The second-order valence-corrected chi connectivity index (χ2v) is 5.13. The summed E-state index contributed by atoms with van der Waals surface area (Å²) in [5.74, 6) is 2.60. The maximum absolute atomic E-state index is 5.78. The van der Waals surface area contributed by atoms with Gasteiger partial charge < -0.3 is 5.73 Å². The fourth-order valence-electron chi connectivity index (χ4n) is 1.54. The molecule has 0 amide bonds. The molecule has 3 rings (SSSR count). The van der Waals surface area contributed by atoms with Crippen LogP contribution in [0.3, 0.4) is 0 Å². The Balaban J connectivity index is 2.06. The van der Waals surface area contributed by atoms with Crippen LogP contribution in [-0.2, 0) is 0 Å². The molecule has 0 saturated heterocycles. The van der Waals surface area contributed by atoms with Gasteiger partial charge in [-0.1, -0.05) is 0 Å². The highest BCUT2D eigenvalue weighted by molar-refractivity contribution is 14.1. The van der Waals surface area contributed by atoms with Gasteiger partial charge in [0.25, 0.3) is 0 Å². The van der Waals surface area contributed by atoms with Crippen molar-refractivity contribution in [2.75, 3.05) is 5.73 Å². The summed E-state index contributed by atoms with van der Waals surface area (Å²) in [4.78, 5) is 8.74. The van der Waals surface area contributed by atoms with Crippen molar-refractivity contribution in [3.05, 3.63) is 27.9 Å². The van der Waals surface area contributed by atoms with Crippen molar-refractivity contribution in [1.82, 2.24) is 19.7 Å². The number of nitrogen functional groups attached to an aromatic ring is 1. The third-order valence-electron chi connectivity index (χ3n) is 2.48. The topological polar surface area (TPSA) is 69.6 Å². The number of hydrogen-bond acceptors (Lipinski definition) is 4. The highest BCUT2D eigenvalue weighted by atomic mass is 127. The minimum absolute atomic E-state index is 0.497. The molecule has 82 valence electrons. The summed E-state index contributed by atoms with van der Waals surface area (Å²) in [5, 5.41) is 4.21. The molecular weight excluding hydrogens is 317 g/mol. The number of anilines is 1. The van der Waals surface area contributed by atoms with Crippen LogP contribution in [0.4, 0.5) is 5.82 Å². The highest BCUT2D eigenvalue weighted by Crippen LogP contribution is 2.38. The molecule has 0 aromatic carbocycles. The summed E-state index contributed by atoms with van der Waals surface area (Å²) in [6, 6.07) is 1.74. The fourth-order valence-corrected chi connectivity index (χ4v) is 1.93. The molecule has 5 nitrogen and oxygen atoms in total. The van der Waals surface area contributed by atoms with Gasteiger partial charge in [0, 0.05) is 18.2 Å². The van der Waals surface area contributed by atoms with Crippen LogP contribution in [0.15, 0.2) is 18.5 Å². The SMILES string of the molecule is Nc1cc(-n2cc(I)cn2)nc(C2CC2)n1. The lowest BCUT2D eigenvalue weighted by molar-refractivity contribution is 0.812. The van der Waals surface area contributed by atoms with Gasteiger partial charge in [0.15, 0.2) is 5.82 Å². The number of nitrogens with zero attached hydrogens (tertiary/aromatic N) is 4. The Bertz CT molecular complexity index is 532. The molecule has 1 aliphatic rings. The summed E-state index contributed by atoms with van der Waals surface area (Å²) in [6.07, 6.45) is 6.04. The Labute approximate surface area is 106 Å². The smallest absolute Gasteiger partial charge is 0.159 e. The fraction of sp³-hybridized carbons (Fsp3) is 0.300. The zero-order chi connectivity index (χ0) is 11.1. The molecule has 0 atom stereocenters. The zero-order valence-electron chi connectivity index (χ0n) is 8.47. The van der Waals surface area contributed by atoms with E-state index >= 15 is 0 Å². The number of aromatic nitrogens is 4. The largest absolute Gasteiger partial charge is 0.384 e. The Morgan fingerprint density at radius 2 is 2.19 bits per heavy atom. The van der Waals surface area contributed by atoms with E-state index in [0.29, 0.717) is 11.7 Å². The molecule has 0 unspecified atom stereocenters. The number of nitrogens with two attached hydrogens (primary N) is 1. The molecule has 0 aliphatic heterocycles. The molecule has 1 fully saturated rings. The monoisotopic (exact) mass is 327 g/mol. The first-order valence-corrected chi connectivity index (χ1v) is 6.15.